The Bertz CT molecular complexity index is 561. The van der Waals surface area contributed by atoms with Crippen molar-refractivity contribution in [3.8, 4) is 0 Å². The van der Waals surface area contributed by atoms with E-state index < -0.39 is 10.0 Å². The summed E-state index contributed by atoms with van der Waals surface area (Å²) in [6.07, 6.45) is 0.635. The number of rotatable bonds is 4. The monoisotopic (exact) mass is 305 g/mol. The molecule has 19 heavy (non-hydrogen) atoms. The van der Waals surface area contributed by atoms with Gasteiger partial charge in [0.1, 0.15) is 0 Å². The lowest BCUT2D eigenvalue weighted by atomic mass is 10.2. The Hall–Kier alpha value is -0.660. The predicted octanol–water partition coefficient (Wildman–Crippen LogP) is 1.24. The quantitative estimate of drug-likeness (QED) is 0.909. The van der Waals surface area contributed by atoms with Crippen molar-refractivity contribution >= 4 is 21.6 Å². The maximum absolute atomic E-state index is 12.4. The minimum absolute atomic E-state index is 0.0561. The Labute approximate surface area is 117 Å². The Kier molecular flexibility index (Phi) is 4.47. The molecule has 1 aliphatic rings. The van der Waals surface area contributed by atoms with E-state index in [1.165, 1.54) is 22.5 Å². The summed E-state index contributed by atoms with van der Waals surface area (Å²) < 4.78 is 31.4. The van der Waals surface area contributed by atoms with Crippen molar-refractivity contribution < 1.29 is 18.3 Å². The molecular formula is C12H16ClNO4S. The van der Waals surface area contributed by atoms with Crippen LogP contribution in [0.4, 0.5) is 0 Å². The van der Waals surface area contributed by atoms with Crippen molar-refractivity contribution in [2.24, 2.45) is 0 Å². The van der Waals surface area contributed by atoms with E-state index in [9.17, 15) is 8.42 Å². The summed E-state index contributed by atoms with van der Waals surface area (Å²) in [5, 5.41) is 9.50. The normalized spacial score (nSPS) is 20.9. The fourth-order valence-corrected chi connectivity index (χ4v) is 3.81. The molecule has 1 aliphatic heterocycles. The number of hydrogen-bond acceptors (Lipinski definition) is 4. The van der Waals surface area contributed by atoms with Crippen LogP contribution in [0.3, 0.4) is 0 Å². The molecular weight excluding hydrogens is 290 g/mol. The first-order valence-corrected chi connectivity index (χ1v) is 7.73. The average molecular weight is 306 g/mol. The van der Waals surface area contributed by atoms with E-state index in [4.69, 9.17) is 21.4 Å². The van der Waals surface area contributed by atoms with Crippen molar-refractivity contribution in [3.63, 3.8) is 0 Å². The summed E-state index contributed by atoms with van der Waals surface area (Å²) in [7, 11) is -1.97. The second-order valence-corrected chi connectivity index (χ2v) is 6.77. The van der Waals surface area contributed by atoms with E-state index in [1.54, 1.807) is 7.11 Å². The number of hydrogen-bond donors (Lipinski definition) is 1. The van der Waals surface area contributed by atoms with Gasteiger partial charge in [-0.15, -0.1) is 0 Å². The molecule has 106 valence electrons. The lowest BCUT2D eigenvalue weighted by Crippen LogP contribution is -2.30. The van der Waals surface area contributed by atoms with Gasteiger partial charge in [0.05, 0.1) is 17.6 Å². The molecule has 5 nitrogen and oxygen atoms in total. The average Bonchev–Trinajstić information content (AvgIpc) is 2.88. The molecule has 1 unspecified atom stereocenters. The zero-order valence-corrected chi connectivity index (χ0v) is 12.1. The molecule has 0 amide bonds. The van der Waals surface area contributed by atoms with Gasteiger partial charge in [0.2, 0.25) is 10.0 Å². The van der Waals surface area contributed by atoms with E-state index in [0.29, 0.717) is 30.1 Å². The minimum atomic E-state index is -3.55. The number of nitrogens with zero attached hydrogens (tertiary/aromatic N) is 1. The van der Waals surface area contributed by atoms with Crippen LogP contribution in [0.25, 0.3) is 0 Å². The molecule has 2 rings (SSSR count). The molecule has 1 aromatic carbocycles. The molecule has 0 saturated carbocycles. The number of benzene rings is 1. The smallest absolute Gasteiger partial charge is 0.243 e. The Balaban J connectivity index is 2.30. The number of methoxy groups -OCH3 is 1. The summed E-state index contributed by atoms with van der Waals surface area (Å²) in [4.78, 5) is 0.151. The number of halogens is 1. The first-order chi connectivity index (χ1) is 8.98. The zero-order chi connectivity index (χ0) is 14.0. The molecule has 0 spiro atoms. The van der Waals surface area contributed by atoms with E-state index in [2.05, 4.69) is 0 Å². The van der Waals surface area contributed by atoms with Crippen LogP contribution in [0.1, 0.15) is 12.0 Å². The minimum Gasteiger partial charge on any atom is -0.392 e. The highest BCUT2D eigenvalue weighted by molar-refractivity contribution is 7.89. The first-order valence-electron chi connectivity index (χ1n) is 5.91. The molecule has 1 fully saturated rings. The maximum Gasteiger partial charge on any atom is 0.243 e. The molecule has 1 aromatic rings. The van der Waals surface area contributed by atoms with E-state index >= 15 is 0 Å². The van der Waals surface area contributed by atoms with Crippen LogP contribution in [-0.4, -0.2) is 44.1 Å². The third kappa shape index (κ3) is 2.93. The number of aliphatic hydroxyl groups excluding tert-OH is 1. The first kappa shape index (κ1) is 14.7. The van der Waals surface area contributed by atoms with Gasteiger partial charge in [0.15, 0.2) is 0 Å². The van der Waals surface area contributed by atoms with E-state index in [-0.39, 0.29) is 17.6 Å². The molecule has 0 radical (unpaired) electrons. The molecule has 0 aromatic heterocycles. The molecule has 1 atom stereocenters. The highest BCUT2D eigenvalue weighted by Gasteiger charge is 2.32. The summed E-state index contributed by atoms with van der Waals surface area (Å²) in [6, 6.07) is 4.36. The van der Waals surface area contributed by atoms with Gasteiger partial charge in [-0.25, -0.2) is 8.42 Å². The van der Waals surface area contributed by atoms with Gasteiger partial charge in [0, 0.05) is 25.2 Å². The highest BCUT2D eigenvalue weighted by atomic mass is 35.5. The summed E-state index contributed by atoms with van der Waals surface area (Å²) in [6.45, 7) is 0.511. The van der Waals surface area contributed by atoms with Crippen molar-refractivity contribution in [2.75, 3.05) is 20.2 Å². The Morgan fingerprint density at radius 3 is 2.84 bits per heavy atom. The lowest BCUT2D eigenvalue weighted by Gasteiger charge is -2.17. The van der Waals surface area contributed by atoms with Crippen molar-refractivity contribution in [2.45, 2.75) is 24.0 Å². The van der Waals surface area contributed by atoms with Gasteiger partial charge >= 0.3 is 0 Å². The van der Waals surface area contributed by atoms with Gasteiger partial charge in [-0.2, -0.15) is 4.31 Å². The number of sulfonamides is 1. The fourth-order valence-electron chi connectivity index (χ4n) is 2.09. The number of aliphatic hydroxyl groups is 1. The molecule has 7 heteroatoms. The number of ether oxygens (including phenoxy) is 1. The van der Waals surface area contributed by atoms with Crippen LogP contribution in [0.15, 0.2) is 23.1 Å². The van der Waals surface area contributed by atoms with Gasteiger partial charge < -0.3 is 9.84 Å². The highest BCUT2D eigenvalue weighted by Crippen LogP contribution is 2.25. The molecule has 1 heterocycles. The molecule has 1 saturated heterocycles. The summed E-state index contributed by atoms with van der Waals surface area (Å²) >= 11 is 5.86. The summed E-state index contributed by atoms with van der Waals surface area (Å²) in [5.41, 5.74) is 0.408. The van der Waals surface area contributed by atoms with E-state index in [1.807, 2.05) is 0 Å². The van der Waals surface area contributed by atoms with Crippen molar-refractivity contribution in [1.82, 2.24) is 4.31 Å². The molecule has 0 aliphatic carbocycles. The van der Waals surface area contributed by atoms with Crippen LogP contribution in [-0.2, 0) is 21.4 Å². The van der Waals surface area contributed by atoms with Crippen LogP contribution in [0.5, 0.6) is 0 Å². The standard InChI is InChI=1S/C12H16ClNO4S/c1-18-10-4-5-14(7-10)19(16,17)11-2-3-12(13)9(6-11)8-15/h2-3,6,10,15H,4-5,7-8H2,1H3. The van der Waals surface area contributed by atoms with Crippen LogP contribution < -0.4 is 0 Å². The molecule has 1 N–H and O–H groups in total. The van der Waals surface area contributed by atoms with Crippen LogP contribution in [0.2, 0.25) is 5.02 Å². The third-order valence-electron chi connectivity index (χ3n) is 3.27. The van der Waals surface area contributed by atoms with Crippen molar-refractivity contribution in [1.29, 1.82) is 0 Å². The van der Waals surface area contributed by atoms with Gasteiger partial charge in [-0.3, -0.25) is 0 Å². The second-order valence-electron chi connectivity index (χ2n) is 4.42. The summed E-state index contributed by atoms with van der Waals surface area (Å²) in [5.74, 6) is 0. The van der Waals surface area contributed by atoms with E-state index in [0.717, 1.165) is 0 Å². The molecule has 0 bridgehead atoms. The van der Waals surface area contributed by atoms with Crippen molar-refractivity contribution in [3.05, 3.63) is 28.8 Å². The van der Waals surface area contributed by atoms with Gasteiger partial charge in [-0.1, -0.05) is 11.6 Å². The second kappa shape index (κ2) is 5.76. The zero-order valence-electron chi connectivity index (χ0n) is 10.5. The predicted molar refractivity (Wildman–Crippen MR) is 71.5 cm³/mol. The SMILES string of the molecule is COC1CCN(S(=O)(=O)c2ccc(Cl)c(CO)c2)C1. The largest absolute Gasteiger partial charge is 0.392 e. The Morgan fingerprint density at radius 1 is 1.53 bits per heavy atom. The van der Waals surface area contributed by atoms with Gasteiger partial charge in [-0.05, 0) is 30.2 Å². The topological polar surface area (TPSA) is 66.8 Å². The Morgan fingerprint density at radius 2 is 2.26 bits per heavy atom. The van der Waals surface area contributed by atoms with Crippen LogP contribution >= 0.6 is 11.6 Å². The maximum atomic E-state index is 12.4. The lowest BCUT2D eigenvalue weighted by molar-refractivity contribution is 0.115. The van der Waals surface area contributed by atoms with Crippen LogP contribution in [0, 0.1) is 0 Å². The fraction of sp³-hybridized carbons (Fsp3) is 0.500. The van der Waals surface area contributed by atoms with Gasteiger partial charge in [0.25, 0.3) is 0 Å². The third-order valence-corrected chi connectivity index (χ3v) is 5.50.